The molecular formula is C7H11F2N3. The van der Waals surface area contributed by atoms with Crippen LogP contribution < -0.4 is 5.32 Å². The summed E-state index contributed by atoms with van der Waals surface area (Å²) in [6, 6.07) is -0.221. The summed E-state index contributed by atoms with van der Waals surface area (Å²) < 4.78 is 25.1. The molecule has 0 bridgehead atoms. The van der Waals surface area contributed by atoms with Crippen LogP contribution in [-0.4, -0.2) is 37.6 Å². The Morgan fingerprint density at radius 2 is 2.42 bits per heavy atom. The fourth-order valence-corrected chi connectivity index (χ4v) is 0.899. The number of aliphatic imine (C=N–C) groups is 2. The number of nitrogens with zero attached hydrogens (tertiary/aromatic N) is 2. The van der Waals surface area contributed by atoms with E-state index >= 15 is 0 Å². The highest BCUT2D eigenvalue weighted by molar-refractivity contribution is 5.88. The third-order valence-corrected chi connectivity index (χ3v) is 1.68. The second-order valence-electron chi connectivity index (χ2n) is 2.77. The van der Waals surface area contributed by atoms with E-state index in [2.05, 4.69) is 22.0 Å². The third kappa shape index (κ3) is 1.99. The van der Waals surface area contributed by atoms with E-state index in [-0.39, 0.29) is 12.6 Å². The van der Waals surface area contributed by atoms with Crippen molar-refractivity contribution in [3.8, 4) is 0 Å². The molecule has 5 heteroatoms. The molecule has 1 atom stereocenters. The van der Waals surface area contributed by atoms with Crippen LogP contribution in [0.3, 0.4) is 0 Å². The summed E-state index contributed by atoms with van der Waals surface area (Å²) in [5.74, 6) is -2.22. The number of alkyl halides is 2. The zero-order valence-electron chi connectivity index (χ0n) is 6.85. The fraction of sp³-hybridized carbons (Fsp3) is 0.714. The standard InChI is InChI=1S/C7H11F2N3/c1-5(10-2)6-11-3-7(8,9)4-12-6/h5H,2-4H2,1H3,(H,11,12). The Hall–Kier alpha value is -1.00. The van der Waals surface area contributed by atoms with Gasteiger partial charge in [0, 0.05) is 0 Å². The lowest BCUT2D eigenvalue weighted by Gasteiger charge is -2.23. The van der Waals surface area contributed by atoms with Gasteiger partial charge in [-0.1, -0.05) is 0 Å². The molecule has 0 radical (unpaired) electrons. The normalized spacial score (nSPS) is 23.8. The van der Waals surface area contributed by atoms with Crippen LogP contribution in [0.2, 0.25) is 0 Å². The van der Waals surface area contributed by atoms with Gasteiger partial charge in [-0.15, -0.1) is 0 Å². The van der Waals surface area contributed by atoms with E-state index < -0.39 is 12.5 Å². The molecule has 3 nitrogen and oxygen atoms in total. The van der Waals surface area contributed by atoms with Crippen molar-refractivity contribution < 1.29 is 8.78 Å². The van der Waals surface area contributed by atoms with Gasteiger partial charge in [0.25, 0.3) is 5.92 Å². The Kier molecular flexibility index (Phi) is 2.40. The lowest BCUT2D eigenvalue weighted by atomic mass is 10.2. The predicted molar refractivity (Wildman–Crippen MR) is 44.3 cm³/mol. The largest absolute Gasteiger partial charge is 0.366 e. The Morgan fingerprint density at radius 3 is 2.83 bits per heavy atom. The van der Waals surface area contributed by atoms with E-state index in [0.717, 1.165) is 0 Å². The number of rotatable bonds is 2. The summed E-state index contributed by atoms with van der Waals surface area (Å²) in [6.07, 6.45) is 0. The molecule has 0 aromatic rings. The minimum Gasteiger partial charge on any atom is -0.366 e. The topological polar surface area (TPSA) is 36.8 Å². The Labute approximate surface area is 69.6 Å². The monoisotopic (exact) mass is 175 g/mol. The second kappa shape index (κ2) is 3.16. The summed E-state index contributed by atoms with van der Waals surface area (Å²) in [7, 11) is 0. The highest BCUT2D eigenvalue weighted by atomic mass is 19.3. The molecule has 1 N–H and O–H groups in total. The lowest BCUT2D eigenvalue weighted by Crippen LogP contribution is -2.46. The zero-order chi connectivity index (χ0) is 9.19. The molecule has 12 heavy (non-hydrogen) atoms. The number of amidine groups is 1. The Morgan fingerprint density at radius 1 is 1.75 bits per heavy atom. The highest BCUT2D eigenvalue weighted by Gasteiger charge is 2.32. The summed E-state index contributed by atoms with van der Waals surface area (Å²) in [4.78, 5) is 7.35. The number of nitrogens with one attached hydrogen (secondary N) is 1. The first kappa shape index (κ1) is 9.09. The molecule has 1 unspecified atom stereocenters. The van der Waals surface area contributed by atoms with Gasteiger partial charge >= 0.3 is 0 Å². The van der Waals surface area contributed by atoms with E-state index in [1.807, 2.05) is 0 Å². The van der Waals surface area contributed by atoms with Gasteiger partial charge < -0.3 is 5.32 Å². The number of hydrogen-bond donors (Lipinski definition) is 1. The van der Waals surface area contributed by atoms with Gasteiger partial charge in [-0.3, -0.25) is 9.98 Å². The molecular weight excluding hydrogens is 164 g/mol. The average Bonchev–Trinajstić information content (AvgIpc) is 2.03. The molecule has 0 aliphatic carbocycles. The molecule has 1 heterocycles. The summed E-state index contributed by atoms with van der Waals surface area (Å²) in [5.41, 5.74) is 0. The molecule has 0 fully saturated rings. The quantitative estimate of drug-likeness (QED) is 0.616. The maximum Gasteiger partial charge on any atom is 0.284 e. The molecule has 0 saturated heterocycles. The van der Waals surface area contributed by atoms with Crippen molar-refractivity contribution in [1.82, 2.24) is 5.32 Å². The average molecular weight is 175 g/mol. The molecule has 1 aliphatic heterocycles. The molecule has 0 amide bonds. The van der Waals surface area contributed by atoms with Gasteiger partial charge in [-0.25, -0.2) is 8.78 Å². The SMILES string of the molecule is C=NC(C)C1=NCC(F)(F)CN1. The Balaban J connectivity index is 2.61. The number of hydrogen-bond acceptors (Lipinski definition) is 3. The van der Waals surface area contributed by atoms with Crippen LogP contribution in [0.25, 0.3) is 0 Å². The van der Waals surface area contributed by atoms with Crippen LogP contribution in [0.4, 0.5) is 8.78 Å². The molecule has 0 aromatic carbocycles. The molecule has 0 aromatic heterocycles. The third-order valence-electron chi connectivity index (χ3n) is 1.68. The predicted octanol–water partition coefficient (Wildman–Crippen LogP) is 0.712. The minimum absolute atomic E-state index is 0.221. The summed E-state index contributed by atoms with van der Waals surface area (Å²) >= 11 is 0. The first-order valence-electron chi connectivity index (χ1n) is 3.67. The van der Waals surface area contributed by atoms with Crippen molar-refractivity contribution in [1.29, 1.82) is 0 Å². The van der Waals surface area contributed by atoms with Crippen molar-refractivity contribution in [2.24, 2.45) is 9.98 Å². The number of halogens is 2. The Bertz CT molecular complexity index is 213. The van der Waals surface area contributed by atoms with E-state index in [9.17, 15) is 8.78 Å². The van der Waals surface area contributed by atoms with Crippen molar-refractivity contribution >= 4 is 12.6 Å². The maximum absolute atomic E-state index is 12.5. The van der Waals surface area contributed by atoms with Crippen LogP contribution in [0, 0.1) is 0 Å². The zero-order valence-corrected chi connectivity index (χ0v) is 6.85. The van der Waals surface area contributed by atoms with Gasteiger partial charge in [-0.05, 0) is 13.6 Å². The van der Waals surface area contributed by atoms with E-state index in [1.54, 1.807) is 6.92 Å². The van der Waals surface area contributed by atoms with Gasteiger partial charge in [0.2, 0.25) is 0 Å². The second-order valence-corrected chi connectivity index (χ2v) is 2.77. The van der Waals surface area contributed by atoms with Crippen LogP contribution in [0.5, 0.6) is 0 Å². The van der Waals surface area contributed by atoms with Gasteiger partial charge in [-0.2, -0.15) is 0 Å². The van der Waals surface area contributed by atoms with Crippen molar-refractivity contribution in [2.45, 2.75) is 18.9 Å². The smallest absolute Gasteiger partial charge is 0.284 e. The fourth-order valence-electron chi connectivity index (χ4n) is 0.899. The van der Waals surface area contributed by atoms with Crippen LogP contribution >= 0.6 is 0 Å². The molecule has 0 saturated carbocycles. The van der Waals surface area contributed by atoms with Crippen molar-refractivity contribution in [3.05, 3.63) is 0 Å². The first-order valence-corrected chi connectivity index (χ1v) is 3.67. The van der Waals surface area contributed by atoms with Crippen LogP contribution in [0.1, 0.15) is 6.92 Å². The summed E-state index contributed by atoms with van der Waals surface area (Å²) in [5, 5.41) is 2.53. The van der Waals surface area contributed by atoms with Crippen molar-refractivity contribution in [2.75, 3.05) is 13.1 Å². The molecule has 1 aliphatic rings. The first-order chi connectivity index (χ1) is 5.55. The van der Waals surface area contributed by atoms with E-state index in [1.165, 1.54) is 0 Å². The van der Waals surface area contributed by atoms with E-state index in [0.29, 0.717) is 5.84 Å². The maximum atomic E-state index is 12.5. The van der Waals surface area contributed by atoms with Crippen LogP contribution in [-0.2, 0) is 0 Å². The van der Waals surface area contributed by atoms with E-state index in [4.69, 9.17) is 0 Å². The van der Waals surface area contributed by atoms with Gasteiger partial charge in [0.1, 0.15) is 18.4 Å². The minimum atomic E-state index is -2.72. The van der Waals surface area contributed by atoms with Crippen molar-refractivity contribution in [3.63, 3.8) is 0 Å². The molecule has 68 valence electrons. The summed E-state index contributed by atoms with van der Waals surface area (Å²) in [6.45, 7) is 4.26. The lowest BCUT2D eigenvalue weighted by molar-refractivity contribution is 0.0122. The highest BCUT2D eigenvalue weighted by Crippen LogP contribution is 2.15. The molecule has 1 rings (SSSR count). The van der Waals surface area contributed by atoms with Gasteiger partial charge in [0.05, 0.1) is 6.54 Å². The molecule has 0 spiro atoms. The van der Waals surface area contributed by atoms with Crippen LogP contribution in [0.15, 0.2) is 9.98 Å². The van der Waals surface area contributed by atoms with Gasteiger partial charge in [0.15, 0.2) is 0 Å².